The van der Waals surface area contributed by atoms with Gasteiger partial charge >= 0.3 is 0 Å². The van der Waals surface area contributed by atoms with Gasteiger partial charge in [0.05, 0.1) is 12.3 Å². The smallest absolute Gasteiger partial charge is 0.233 e. The molecule has 0 aliphatic carbocycles. The van der Waals surface area contributed by atoms with E-state index in [4.69, 9.17) is 11.6 Å². The number of nitrogens with zero attached hydrogens (tertiary/aromatic N) is 5. The molecule has 0 aliphatic rings. The molecule has 1 aromatic carbocycles. The zero-order valence-electron chi connectivity index (χ0n) is 15.2. The molecule has 2 aromatic heterocycles. The number of halogens is 1. The number of rotatable bonds is 7. The molecule has 3 aromatic rings. The molecule has 0 bridgehead atoms. The quantitative estimate of drug-likeness (QED) is 0.448. The van der Waals surface area contributed by atoms with Gasteiger partial charge in [0.2, 0.25) is 5.91 Å². The molecule has 0 N–H and O–H groups in total. The van der Waals surface area contributed by atoms with Crippen LogP contribution in [-0.4, -0.2) is 43.4 Å². The van der Waals surface area contributed by atoms with Crippen molar-refractivity contribution in [1.29, 1.82) is 0 Å². The van der Waals surface area contributed by atoms with Crippen LogP contribution >= 0.6 is 23.4 Å². The lowest BCUT2D eigenvalue weighted by Gasteiger charge is -2.17. The van der Waals surface area contributed by atoms with Gasteiger partial charge in [-0.1, -0.05) is 59.8 Å². The average molecular weight is 402 g/mol. The van der Waals surface area contributed by atoms with E-state index in [1.54, 1.807) is 24.2 Å². The highest BCUT2D eigenvalue weighted by atomic mass is 35.5. The fraction of sp³-hybridized carbons (Fsp3) is 0.263. The van der Waals surface area contributed by atoms with Crippen molar-refractivity contribution in [1.82, 2.24) is 24.6 Å². The van der Waals surface area contributed by atoms with Crippen molar-refractivity contribution in [3.05, 3.63) is 70.8 Å². The van der Waals surface area contributed by atoms with Gasteiger partial charge in [-0.15, -0.1) is 10.2 Å². The number of aromatic nitrogens is 4. The van der Waals surface area contributed by atoms with Gasteiger partial charge in [-0.2, -0.15) is 0 Å². The molecule has 0 aliphatic heterocycles. The van der Waals surface area contributed by atoms with Gasteiger partial charge in [0, 0.05) is 19.8 Å². The largest absolute Gasteiger partial charge is 0.341 e. The molecule has 8 heteroatoms. The van der Waals surface area contributed by atoms with E-state index in [0.717, 1.165) is 16.5 Å². The number of carbonyl (C=O) groups excluding carboxylic acids is 1. The van der Waals surface area contributed by atoms with E-state index in [0.29, 0.717) is 24.0 Å². The highest BCUT2D eigenvalue weighted by Gasteiger charge is 2.15. The van der Waals surface area contributed by atoms with Gasteiger partial charge in [-0.05, 0) is 24.1 Å². The molecular weight excluding hydrogens is 382 g/mol. The van der Waals surface area contributed by atoms with Crippen molar-refractivity contribution in [2.75, 3.05) is 12.8 Å². The summed E-state index contributed by atoms with van der Waals surface area (Å²) in [4.78, 5) is 18.2. The minimum atomic E-state index is 0.0156. The summed E-state index contributed by atoms with van der Waals surface area (Å²) >= 11 is 7.19. The predicted octanol–water partition coefficient (Wildman–Crippen LogP) is 3.43. The van der Waals surface area contributed by atoms with E-state index in [9.17, 15) is 4.79 Å². The highest BCUT2D eigenvalue weighted by molar-refractivity contribution is 7.99. The van der Waals surface area contributed by atoms with Crippen LogP contribution in [0.4, 0.5) is 0 Å². The third kappa shape index (κ3) is 5.30. The maximum absolute atomic E-state index is 12.5. The van der Waals surface area contributed by atoms with Gasteiger partial charge in [0.25, 0.3) is 0 Å². The normalized spacial score (nSPS) is 10.8. The first-order chi connectivity index (χ1) is 13.0. The van der Waals surface area contributed by atoms with Gasteiger partial charge in [-0.25, -0.2) is 4.98 Å². The Morgan fingerprint density at radius 3 is 2.63 bits per heavy atom. The van der Waals surface area contributed by atoms with Crippen molar-refractivity contribution in [3.8, 4) is 0 Å². The zero-order valence-corrected chi connectivity index (χ0v) is 16.7. The van der Waals surface area contributed by atoms with Crippen LogP contribution in [0.1, 0.15) is 17.0 Å². The molecule has 0 fully saturated rings. The second-order valence-electron chi connectivity index (χ2n) is 6.13. The van der Waals surface area contributed by atoms with Gasteiger partial charge in [-0.3, -0.25) is 4.79 Å². The van der Waals surface area contributed by atoms with Gasteiger partial charge < -0.3 is 9.47 Å². The molecule has 0 saturated carbocycles. The van der Waals surface area contributed by atoms with Crippen LogP contribution in [0.15, 0.2) is 53.8 Å². The lowest BCUT2D eigenvalue weighted by molar-refractivity contribution is -0.127. The lowest BCUT2D eigenvalue weighted by atomic mass is 10.2. The van der Waals surface area contributed by atoms with Crippen molar-refractivity contribution in [2.24, 2.45) is 0 Å². The summed E-state index contributed by atoms with van der Waals surface area (Å²) in [7, 11) is 1.78. The SMILES string of the molecule is Cc1nnc(SCC(=O)N(C)Cc2ccc(Cl)nc2)n1Cc1ccccc1. The molecular formula is C19H20ClN5OS. The molecule has 6 nitrogen and oxygen atoms in total. The van der Waals surface area contributed by atoms with Crippen LogP contribution in [0.5, 0.6) is 0 Å². The summed E-state index contributed by atoms with van der Waals surface area (Å²) in [5.74, 6) is 1.14. The number of thioether (sulfide) groups is 1. The lowest BCUT2D eigenvalue weighted by Crippen LogP contribution is -2.28. The summed E-state index contributed by atoms with van der Waals surface area (Å²) in [6.07, 6.45) is 1.68. The number of pyridine rings is 1. The number of aryl methyl sites for hydroxylation is 1. The van der Waals surface area contributed by atoms with Crippen molar-refractivity contribution >= 4 is 29.3 Å². The first-order valence-electron chi connectivity index (χ1n) is 8.44. The monoisotopic (exact) mass is 401 g/mol. The molecule has 0 atom stereocenters. The Kier molecular flexibility index (Phi) is 6.47. The van der Waals surface area contributed by atoms with E-state index >= 15 is 0 Å². The maximum atomic E-state index is 12.5. The summed E-state index contributed by atoms with van der Waals surface area (Å²) in [6, 6.07) is 13.7. The molecule has 0 spiro atoms. The predicted molar refractivity (Wildman–Crippen MR) is 107 cm³/mol. The Morgan fingerprint density at radius 2 is 1.93 bits per heavy atom. The third-order valence-electron chi connectivity index (χ3n) is 4.04. The number of carbonyl (C=O) groups is 1. The molecule has 2 heterocycles. The summed E-state index contributed by atoms with van der Waals surface area (Å²) < 4.78 is 2.02. The fourth-order valence-electron chi connectivity index (χ4n) is 2.51. The number of amides is 1. The van der Waals surface area contributed by atoms with E-state index in [1.807, 2.05) is 35.8 Å². The second kappa shape index (κ2) is 9.01. The Labute approximate surface area is 167 Å². The van der Waals surface area contributed by atoms with Crippen LogP contribution < -0.4 is 0 Å². The summed E-state index contributed by atoms with van der Waals surface area (Å²) in [6.45, 7) is 3.09. The zero-order chi connectivity index (χ0) is 19.2. The molecule has 0 unspecified atom stereocenters. The Balaban J connectivity index is 1.59. The molecule has 0 saturated heterocycles. The van der Waals surface area contributed by atoms with E-state index in [1.165, 1.54) is 17.3 Å². The van der Waals surface area contributed by atoms with Crippen LogP contribution in [-0.2, 0) is 17.9 Å². The first-order valence-corrected chi connectivity index (χ1v) is 9.80. The number of hydrogen-bond acceptors (Lipinski definition) is 5. The topological polar surface area (TPSA) is 63.9 Å². The van der Waals surface area contributed by atoms with Crippen LogP contribution in [0.3, 0.4) is 0 Å². The second-order valence-corrected chi connectivity index (χ2v) is 7.46. The highest BCUT2D eigenvalue weighted by Crippen LogP contribution is 2.19. The van der Waals surface area contributed by atoms with E-state index < -0.39 is 0 Å². The average Bonchev–Trinajstić information content (AvgIpc) is 3.02. The molecule has 0 radical (unpaired) electrons. The van der Waals surface area contributed by atoms with Crippen LogP contribution in [0.2, 0.25) is 5.15 Å². The Morgan fingerprint density at radius 1 is 1.15 bits per heavy atom. The van der Waals surface area contributed by atoms with Crippen LogP contribution in [0.25, 0.3) is 0 Å². The Hall–Kier alpha value is -2.38. The van der Waals surface area contributed by atoms with E-state index in [-0.39, 0.29) is 5.91 Å². The Bertz CT molecular complexity index is 898. The van der Waals surface area contributed by atoms with Gasteiger partial charge in [0.15, 0.2) is 5.16 Å². The minimum Gasteiger partial charge on any atom is -0.341 e. The van der Waals surface area contributed by atoms with Gasteiger partial charge in [0.1, 0.15) is 11.0 Å². The number of hydrogen-bond donors (Lipinski definition) is 0. The molecule has 1 amide bonds. The first kappa shape index (κ1) is 19.4. The molecule has 140 valence electrons. The van der Waals surface area contributed by atoms with Crippen molar-refractivity contribution in [2.45, 2.75) is 25.2 Å². The maximum Gasteiger partial charge on any atom is 0.233 e. The molecule has 27 heavy (non-hydrogen) atoms. The number of benzene rings is 1. The van der Waals surface area contributed by atoms with Crippen molar-refractivity contribution < 1.29 is 4.79 Å². The van der Waals surface area contributed by atoms with Crippen molar-refractivity contribution in [3.63, 3.8) is 0 Å². The standard InChI is InChI=1S/C19H20ClN5OS/c1-14-22-23-19(25(14)12-15-6-4-3-5-7-15)27-13-18(26)24(2)11-16-8-9-17(20)21-10-16/h3-10H,11-13H2,1-2H3. The minimum absolute atomic E-state index is 0.0156. The summed E-state index contributed by atoms with van der Waals surface area (Å²) in [5.41, 5.74) is 2.10. The van der Waals surface area contributed by atoms with E-state index in [2.05, 4.69) is 27.3 Å². The molecule has 3 rings (SSSR count). The summed E-state index contributed by atoms with van der Waals surface area (Å²) in [5, 5.41) is 9.56. The third-order valence-corrected chi connectivity index (χ3v) is 5.22. The van der Waals surface area contributed by atoms with Crippen LogP contribution in [0, 0.1) is 6.92 Å². The fourth-order valence-corrected chi connectivity index (χ4v) is 3.55.